The maximum atomic E-state index is 11.7. The third-order valence-corrected chi connectivity index (χ3v) is 2.94. The van der Waals surface area contributed by atoms with Gasteiger partial charge in [0.25, 0.3) is 11.9 Å². The quantitative estimate of drug-likeness (QED) is 0.816. The number of rotatable bonds is 3. The molecule has 0 aliphatic heterocycles. The lowest BCUT2D eigenvalue weighted by molar-refractivity contribution is -0.700. The molecule has 0 aliphatic carbocycles. The Hall–Kier alpha value is -2.16. The lowest BCUT2D eigenvalue weighted by Gasteiger charge is -2.10. The summed E-state index contributed by atoms with van der Waals surface area (Å²) in [5.74, 6) is -0.352. The van der Waals surface area contributed by atoms with Gasteiger partial charge in [-0.05, 0) is 25.5 Å². The Bertz CT molecular complexity index is 561. The van der Waals surface area contributed by atoms with Crippen molar-refractivity contribution in [2.45, 2.75) is 19.9 Å². The SMILES string of the molecule is Cc1cc[n+](C(C(N)=O)c2cccc(C)c2)cc1. The van der Waals surface area contributed by atoms with E-state index in [1.54, 1.807) is 0 Å². The zero-order valence-corrected chi connectivity index (χ0v) is 10.6. The van der Waals surface area contributed by atoms with Gasteiger partial charge < -0.3 is 5.73 Å². The number of nitrogens with two attached hydrogens (primary N) is 1. The van der Waals surface area contributed by atoms with Crippen molar-refractivity contribution in [3.63, 3.8) is 0 Å². The van der Waals surface area contributed by atoms with E-state index in [-0.39, 0.29) is 5.91 Å². The highest BCUT2D eigenvalue weighted by Gasteiger charge is 2.26. The Morgan fingerprint density at radius 3 is 2.33 bits per heavy atom. The molecule has 92 valence electrons. The van der Waals surface area contributed by atoms with Gasteiger partial charge in [-0.25, -0.2) is 0 Å². The fourth-order valence-corrected chi connectivity index (χ4v) is 2.01. The van der Waals surface area contributed by atoms with Crippen molar-refractivity contribution in [3.05, 3.63) is 65.5 Å². The second-order valence-electron chi connectivity index (χ2n) is 4.54. The molecule has 2 aromatic rings. The summed E-state index contributed by atoms with van der Waals surface area (Å²) in [5, 5.41) is 0. The normalized spacial score (nSPS) is 12.1. The van der Waals surface area contributed by atoms with E-state index in [4.69, 9.17) is 5.73 Å². The predicted molar refractivity (Wildman–Crippen MR) is 69.9 cm³/mol. The number of carbonyl (C=O) groups excluding carboxylic acids is 1. The first kappa shape index (κ1) is 12.3. The highest BCUT2D eigenvalue weighted by molar-refractivity contribution is 5.80. The second kappa shape index (κ2) is 5.00. The van der Waals surface area contributed by atoms with E-state index in [1.165, 1.54) is 0 Å². The number of aromatic nitrogens is 1. The van der Waals surface area contributed by atoms with Crippen molar-refractivity contribution >= 4 is 5.91 Å². The van der Waals surface area contributed by atoms with Crippen LogP contribution in [0.25, 0.3) is 0 Å². The number of amides is 1. The van der Waals surface area contributed by atoms with Gasteiger partial charge in [0.15, 0.2) is 12.4 Å². The van der Waals surface area contributed by atoms with Gasteiger partial charge in [0.05, 0.1) is 0 Å². The second-order valence-corrected chi connectivity index (χ2v) is 4.54. The predicted octanol–water partition coefficient (Wildman–Crippen LogP) is 1.67. The van der Waals surface area contributed by atoms with Gasteiger partial charge >= 0.3 is 0 Å². The largest absolute Gasteiger partial charge is 0.364 e. The van der Waals surface area contributed by atoms with Crippen LogP contribution in [0.5, 0.6) is 0 Å². The third kappa shape index (κ3) is 2.56. The number of hydrogen-bond acceptors (Lipinski definition) is 1. The van der Waals surface area contributed by atoms with Crippen LogP contribution in [-0.4, -0.2) is 5.91 Å². The minimum atomic E-state index is -0.453. The molecule has 0 aliphatic rings. The summed E-state index contributed by atoms with van der Waals surface area (Å²) in [4.78, 5) is 11.7. The maximum Gasteiger partial charge on any atom is 0.291 e. The van der Waals surface area contributed by atoms with Crippen LogP contribution in [0.15, 0.2) is 48.8 Å². The minimum Gasteiger partial charge on any atom is -0.364 e. The monoisotopic (exact) mass is 241 g/mol. The molecule has 0 saturated carbocycles. The van der Waals surface area contributed by atoms with Gasteiger partial charge in [-0.3, -0.25) is 4.79 Å². The highest BCUT2D eigenvalue weighted by Crippen LogP contribution is 2.14. The standard InChI is InChI=1S/C15H16N2O/c1-11-6-8-17(9-7-11)14(15(16)18)13-5-3-4-12(2)10-13/h3-10,14H,1-2H3,(H-,16,18)/p+1. The molecule has 1 aromatic carbocycles. The van der Waals surface area contributed by atoms with E-state index in [1.807, 2.05) is 67.2 Å². The molecule has 1 atom stereocenters. The zero-order chi connectivity index (χ0) is 13.1. The van der Waals surface area contributed by atoms with Gasteiger partial charge in [-0.15, -0.1) is 0 Å². The molecule has 0 bridgehead atoms. The van der Waals surface area contributed by atoms with Crippen LogP contribution >= 0.6 is 0 Å². The van der Waals surface area contributed by atoms with Crippen molar-refractivity contribution in [1.29, 1.82) is 0 Å². The lowest BCUT2D eigenvalue weighted by atomic mass is 10.0. The van der Waals surface area contributed by atoms with Gasteiger partial charge in [0, 0.05) is 17.7 Å². The smallest absolute Gasteiger partial charge is 0.291 e. The Morgan fingerprint density at radius 2 is 1.78 bits per heavy atom. The number of benzene rings is 1. The molecule has 0 fully saturated rings. The third-order valence-electron chi connectivity index (χ3n) is 2.94. The number of hydrogen-bond donors (Lipinski definition) is 1. The fraction of sp³-hybridized carbons (Fsp3) is 0.200. The first-order valence-corrected chi connectivity index (χ1v) is 5.91. The van der Waals surface area contributed by atoms with E-state index in [2.05, 4.69) is 0 Å². The van der Waals surface area contributed by atoms with Crippen LogP contribution in [0, 0.1) is 13.8 Å². The maximum absolute atomic E-state index is 11.7. The Morgan fingerprint density at radius 1 is 1.11 bits per heavy atom. The van der Waals surface area contributed by atoms with Crippen LogP contribution < -0.4 is 10.3 Å². The van der Waals surface area contributed by atoms with Crippen LogP contribution in [0.2, 0.25) is 0 Å². The first-order valence-electron chi connectivity index (χ1n) is 5.91. The molecule has 0 saturated heterocycles. The topological polar surface area (TPSA) is 47.0 Å². The molecule has 3 heteroatoms. The van der Waals surface area contributed by atoms with Gasteiger partial charge in [0.1, 0.15) is 0 Å². The molecule has 1 amide bonds. The van der Waals surface area contributed by atoms with Crippen LogP contribution in [-0.2, 0) is 4.79 Å². The molecule has 3 nitrogen and oxygen atoms in total. The number of aryl methyl sites for hydroxylation is 2. The average molecular weight is 241 g/mol. The fourth-order valence-electron chi connectivity index (χ4n) is 2.01. The van der Waals surface area contributed by atoms with E-state index in [0.29, 0.717) is 0 Å². The summed E-state index contributed by atoms with van der Waals surface area (Å²) in [6, 6.07) is 11.3. The first-order chi connectivity index (χ1) is 8.58. The van der Waals surface area contributed by atoms with E-state index < -0.39 is 6.04 Å². The minimum absolute atomic E-state index is 0.352. The molecule has 1 aromatic heterocycles. The Balaban J connectivity index is 2.46. The molecule has 1 heterocycles. The van der Waals surface area contributed by atoms with Gasteiger partial charge in [-0.1, -0.05) is 23.8 Å². The molecule has 2 N–H and O–H groups in total. The van der Waals surface area contributed by atoms with Crippen molar-refractivity contribution in [1.82, 2.24) is 0 Å². The van der Waals surface area contributed by atoms with Crippen LogP contribution in [0.1, 0.15) is 22.7 Å². The van der Waals surface area contributed by atoms with Crippen LogP contribution in [0.3, 0.4) is 0 Å². The molecule has 2 rings (SSSR count). The van der Waals surface area contributed by atoms with E-state index in [0.717, 1.165) is 16.7 Å². The van der Waals surface area contributed by atoms with Crippen molar-refractivity contribution in [3.8, 4) is 0 Å². The zero-order valence-electron chi connectivity index (χ0n) is 10.6. The summed E-state index contributed by atoms with van der Waals surface area (Å²) < 4.78 is 1.84. The van der Waals surface area contributed by atoms with E-state index >= 15 is 0 Å². The number of nitrogens with zero attached hydrogens (tertiary/aromatic N) is 1. The molecular formula is C15H17N2O+. The van der Waals surface area contributed by atoms with Crippen molar-refractivity contribution in [2.75, 3.05) is 0 Å². The van der Waals surface area contributed by atoms with Crippen molar-refractivity contribution in [2.24, 2.45) is 5.73 Å². The summed E-state index contributed by atoms with van der Waals surface area (Å²) in [6.07, 6.45) is 3.76. The summed E-state index contributed by atoms with van der Waals surface area (Å²) in [5.41, 5.74) is 8.71. The number of primary amides is 1. The van der Waals surface area contributed by atoms with E-state index in [9.17, 15) is 4.79 Å². The van der Waals surface area contributed by atoms with Crippen molar-refractivity contribution < 1.29 is 9.36 Å². The van der Waals surface area contributed by atoms with Gasteiger partial charge in [-0.2, -0.15) is 4.57 Å². The number of pyridine rings is 1. The summed E-state index contributed by atoms with van der Waals surface area (Å²) in [6.45, 7) is 4.01. The molecule has 18 heavy (non-hydrogen) atoms. The van der Waals surface area contributed by atoms with Gasteiger partial charge in [0.2, 0.25) is 0 Å². The molecular weight excluding hydrogens is 224 g/mol. The Kier molecular flexibility index (Phi) is 3.42. The lowest BCUT2D eigenvalue weighted by Crippen LogP contribution is -2.46. The molecule has 0 radical (unpaired) electrons. The molecule has 0 spiro atoms. The average Bonchev–Trinajstić information content (AvgIpc) is 2.32. The van der Waals surface area contributed by atoms with Crippen LogP contribution in [0.4, 0.5) is 0 Å². The molecule has 1 unspecified atom stereocenters. The summed E-state index contributed by atoms with van der Waals surface area (Å²) in [7, 11) is 0. The number of carbonyl (C=O) groups is 1. The Labute approximate surface area is 107 Å². The highest BCUT2D eigenvalue weighted by atomic mass is 16.1. The summed E-state index contributed by atoms with van der Waals surface area (Å²) >= 11 is 0.